The fourth-order valence-electron chi connectivity index (χ4n) is 2.38. The molecular formula is C13H18BrClN2O. The van der Waals surface area contributed by atoms with Crippen LogP contribution in [0.5, 0.6) is 0 Å². The number of rotatable bonds is 4. The predicted molar refractivity (Wildman–Crippen MR) is 76.1 cm³/mol. The van der Waals surface area contributed by atoms with Gasteiger partial charge in [-0.15, -0.1) is 0 Å². The summed E-state index contributed by atoms with van der Waals surface area (Å²) < 4.78 is 6.12. The van der Waals surface area contributed by atoms with Gasteiger partial charge < -0.3 is 4.74 Å². The van der Waals surface area contributed by atoms with Crippen molar-refractivity contribution in [3.8, 4) is 0 Å². The molecule has 1 heterocycles. The Kier molecular flexibility index (Phi) is 4.98. The van der Waals surface area contributed by atoms with Crippen molar-refractivity contribution < 1.29 is 4.74 Å². The molecule has 1 saturated carbocycles. The third-order valence-electron chi connectivity index (χ3n) is 3.50. The number of methoxy groups -OCH3 is 1. The molecule has 1 atom stereocenters. The molecule has 0 bridgehead atoms. The number of hydrogen-bond acceptors (Lipinski definition) is 3. The van der Waals surface area contributed by atoms with Crippen molar-refractivity contribution in [2.75, 3.05) is 7.11 Å². The molecule has 2 rings (SSSR count). The van der Waals surface area contributed by atoms with Crippen molar-refractivity contribution in [3.05, 3.63) is 21.1 Å². The lowest BCUT2D eigenvalue weighted by molar-refractivity contribution is 0.117. The molecule has 1 aliphatic carbocycles. The molecule has 5 heteroatoms. The molecule has 100 valence electrons. The van der Waals surface area contributed by atoms with Crippen LogP contribution in [0.3, 0.4) is 0 Å². The van der Waals surface area contributed by atoms with Gasteiger partial charge in [-0.25, -0.2) is 9.97 Å². The van der Waals surface area contributed by atoms with E-state index in [4.69, 9.17) is 16.3 Å². The minimum atomic E-state index is 0.110. The molecule has 0 radical (unpaired) electrons. The molecule has 0 N–H and O–H groups in total. The molecule has 1 aliphatic rings. The van der Waals surface area contributed by atoms with Gasteiger partial charge in [0.1, 0.15) is 11.0 Å². The topological polar surface area (TPSA) is 35.0 Å². The third kappa shape index (κ3) is 3.22. The monoisotopic (exact) mass is 332 g/mol. The summed E-state index contributed by atoms with van der Waals surface area (Å²) in [5, 5.41) is 0.519. The van der Waals surface area contributed by atoms with Gasteiger partial charge in [0.2, 0.25) is 0 Å². The summed E-state index contributed by atoms with van der Waals surface area (Å²) in [6.45, 7) is 2.01. The highest BCUT2D eigenvalue weighted by molar-refractivity contribution is 9.10. The van der Waals surface area contributed by atoms with E-state index in [1.54, 1.807) is 7.11 Å². The van der Waals surface area contributed by atoms with E-state index < -0.39 is 0 Å². The molecule has 18 heavy (non-hydrogen) atoms. The lowest BCUT2D eigenvalue weighted by atomic mass is 10.0. The van der Waals surface area contributed by atoms with E-state index in [1.165, 1.54) is 25.7 Å². The Labute approximate surface area is 121 Å². The Bertz CT molecular complexity index is 422. The van der Waals surface area contributed by atoms with Crippen molar-refractivity contribution in [2.24, 2.45) is 0 Å². The van der Waals surface area contributed by atoms with Crippen molar-refractivity contribution in [3.63, 3.8) is 0 Å². The zero-order valence-corrected chi connectivity index (χ0v) is 13.1. The quantitative estimate of drug-likeness (QED) is 0.777. The average molecular weight is 334 g/mol. The van der Waals surface area contributed by atoms with Gasteiger partial charge in [-0.2, -0.15) is 0 Å². The second-order valence-corrected chi connectivity index (χ2v) is 6.01. The second-order valence-electron chi connectivity index (χ2n) is 4.86. The SMILES string of the molecule is COC(C)Cc1nc(Cl)c(Br)c(C2CCCC2)n1. The van der Waals surface area contributed by atoms with Crippen LogP contribution < -0.4 is 0 Å². The smallest absolute Gasteiger partial charge is 0.147 e. The van der Waals surface area contributed by atoms with Crippen molar-refractivity contribution in [2.45, 2.75) is 51.0 Å². The van der Waals surface area contributed by atoms with E-state index in [9.17, 15) is 0 Å². The van der Waals surface area contributed by atoms with Gasteiger partial charge in [-0.1, -0.05) is 24.4 Å². The first-order chi connectivity index (χ1) is 8.61. The van der Waals surface area contributed by atoms with E-state index >= 15 is 0 Å². The Balaban J connectivity index is 2.27. The van der Waals surface area contributed by atoms with Crippen LogP contribution in [0.2, 0.25) is 5.15 Å². The van der Waals surface area contributed by atoms with Crippen LogP contribution in [0.4, 0.5) is 0 Å². The summed E-state index contributed by atoms with van der Waals surface area (Å²) in [6, 6.07) is 0. The van der Waals surface area contributed by atoms with Crippen molar-refractivity contribution in [1.29, 1.82) is 0 Å². The van der Waals surface area contributed by atoms with Crippen LogP contribution in [-0.4, -0.2) is 23.2 Å². The number of hydrogen-bond donors (Lipinski definition) is 0. The molecule has 1 unspecified atom stereocenters. The number of nitrogens with zero attached hydrogens (tertiary/aromatic N) is 2. The molecule has 1 aromatic rings. The molecule has 0 amide bonds. The molecule has 0 aromatic carbocycles. The molecule has 0 spiro atoms. The zero-order chi connectivity index (χ0) is 13.1. The minimum Gasteiger partial charge on any atom is -0.381 e. The van der Waals surface area contributed by atoms with Crippen LogP contribution in [0.15, 0.2) is 4.47 Å². The lowest BCUT2D eigenvalue weighted by Crippen LogP contribution is -2.13. The summed E-state index contributed by atoms with van der Waals surface area (Å²) in [7, 11) is 1.70. The van der Waals surface area contributed by atoms with E-state index in [1.807, 2.05) is 6.92 Å². The number of ether oxygens (including phenoxy) is 1. The van der Waals surface area contributed by atoms with Crippen LogP contribution in [0.25, 0.3) is 0 Å². The highest BCUT2D eigenvalue weighted by Gasteiger charge is 2.23. The highest BCUT2D eigenvalue weighted by atomic mass is 79.9. The van der Waals surface area contributed by atoms with Crippen molar-refractivity contribution >= 4 is 27.5 Å². The highest BCUT2D eigenvalue weighted by Crippen LogP contribution is 2.38. The Morgan fingerprint density at radius 3 is 2.67 bits per heavy atom. The normalized spacial score (nSPS) is 18.2. The average Bonchev–Trinajstić information content (AvgIpc) is 2.87. The summed E-state index contributed by atoms with van der Waals surface area (Å²) >= 11 is 9.70. The lowest BCUT2D eigenvalue weighted by Gasteiger charge is -2.14. The number of aromatic nitrogens is 2. The van der Waals surface area contributed by atoms with Gasteiger partial charge in [0.15, 0.2) is 0 Å². The first-order valence-corrected chi connectivity index (χ1v) is 7.53. The predicted octanol–water partition coefficient (Wildman–Crippen LogP) is 4.13. The van der Waals surface area contributed by atoms with E-state index in [2.05, 4.69) is 25.9 Å². The van der Waals surface area contributed by atoms with Gasteiger partial charge in [0, 0.05) is 19.4 Å². The Morgan fingerprint density at radius 2 is 2.06 bits per heavy atom. The van der Waals surface area contributed by atoms with E-state index in [0.717, 1.165) is 16.0 Å². The fourth-order valence-corrected chi connectivity index (χ4v) is 3.08. The van der Waals surface area contributed by atoms with E-state index in [-0.39, 0.29) is 6.10 Å². The van der Waals surface area contributed by atoms with Gasteiger partial charge in [0.25, 0.3) is 0 Å². The van der Waals surface area contributed by atoms with Gasteiger partial charge >= 0.3 is 0 Å². The Hall–Kier alpha value is -0.190. The Morgan fingerprint density at radius 1 is 1.39 bits per heavy atom. The maximum absolute atomic E-state index is 6.19. The first-order valence-electron chi connectivity index (χ1n) is 6.36. The van der Waals surface area contributed by atoms with Crippen molar-refractivity contribution in [1.82, 2.24) is 9.97 Å². The maximum Gasteiger partial charge on any atom is 0.147 e. The first kappa shape index (κ1) is 14.2. The van der Waals surface area contributed by atoms with Gasteiger partial charge in [-0.05, 0) is 35.7 Å². The molecule has 0 saturated heterocycles. The second kappa shape index (κ2) is 6.31. The van der Waals surface area contributed by atoms with Crippen LogP contribution >= 0.6 is 27.5 Å². The van der Waals surface area contributed by atoms with Gasteiger partial charge in [0.05, 0.1) is 16.3 Å². The molecule has 0 aliphatic heterocycles. The van der Waals surface area contributed by atoms with Gasteiger partial charge in [-0.3, -0.25) is 0 Å². The molecule has 1 aromatic heterocycles. The van der Waals surface area contributed by atoms with Crippen LogP contribution in [0, 0.1) is 0 Å². The largest absolute Gasteiger partial charge is 0.381 e. The maximum atomic E-state index is 6.19. The molecule has 1 fully saturated rings. The summed E-state index contributed by atoms with van der Waals surface area (Å²) in [6.07, 6.45) is 5.77. The molecular weight excluding hydrogens is 316 g/mol. The summed E-state index contributed by atoms with van der Waals surface area (Å²) in [5.41, 5.74) is 1.07. The van der Waals surface area contributed by atoms with Crippen LogP contribution in [-0.2, 0) is 11.2 Å². The standard InChI is InChI=1S/C13H18BrClN2O/c1-8(18-2)7-10-16-12(9-5-3-4-6-9)11(14)13(15)17-10/h8-9H,3-7H2,1-2H3. The fraction of sp³-hybridized carbons (Fsp3) is 0.692. The third-order valence-corrected chi connectivity index (χ3v) is 4.78. The summed E-state index contributed by atoms with van der Waals surface area (Å²) in [5.74, 6) is 1.30. The van der Waals surface area contributed by atoms with Crippen LogP contribution in [0.1, 0.15) is 50.0 Å². The van der Waals surface area contributed by atoms with E-state index in [0.29, 0.717) is 17.5 Å². The molecule has 3 nitrogen and oxygen atoms in total. The zero-order valence-electron chi connectivity index (χ0n) is 10.7. The number of halogens is 2. The summed E-state index contributed by atoms with van der Waals surface area (Å²) in [4.78, 5) is 9.00. The minimum absolute atomic E-state index is 0.110.